The molecule has 0 N–H and O–H groups in total. The summed E-state index contributed by atoms with van der Waals surface area (Å²) in [4.78, 5) is 39.9. The van der Waals surface area contributed by atoms with Crippen molar-refractivity contribution in [2.24, 2.45) is 0 Å². The average molecular weight is 443 g/mol. The molecule has 0 fully saturated rings. The fourth-order valence-electron chi connectivity index (χ4n) is 2.84. The Bertz CT molecular complexity index is 1310. The molecule has 0 atom stereocenters. The summed E-state index contributed by atoms with van der Waals surface area (Å²) in [6.45, 7) is 2.46. The Labute approximate surface area is 179 Å². The zero-order valence-corrected chi connectivity index (χ0v) is 18.0. The van der Waals surface area contributed by atoms with E-state index in [1.807, 2.05) is 6.92 Å². The van der Waals surface area contributed by atoms with Crippen molar-refractivity contribution in [3.05, 3.63) is 75.8 Å². The Balaban J connectivity index is 1.67. The van der Waals surface area contributed by atoms with Crippen LogP contribution in [-0.4, -0.2) is 47.5 Å². The number of carbonyl (C=O) groups is 2. The molecular weight excluding hydrogens is 422 g/mol. The molecule has 2 aromatic heterocycles. The van der Waals surface area contributed by atoms with Crippen molar-refractivity contribution in [3.63, 3.8) is 0 Å². The van der Waals surface area contributed by atoms with Crippen molar-refractivity contribution < 1.29 is 22.7 Å². The highest BCUT2D eigenvalue weighted by Gasteiger charge is 2.24. The van der Waals surface area contributed by atoms with Gasteiger partial charge in [-0.15, -0.1) is 0 Å². The second-order valence-electron chi connectivity index (χ2n) is 7.02. The lowest BCUT2D eigenvalue weighted by Crippen LogP contribution is -2.33. The van der Waals surface area contributed by atoms with Crippen LogP contribution in [0.4, 0.5) is 0 Å². The van der Waals surface area contributed by atoms with Gasteiger partial charge in [0.15, 0.2) is 5.78 Å². The predicted molar refractivity (Wildman–Crippen MR) is 112 cm³/mol. The highest BCUT2D eigenvalue weighted by molar-refractivity contribution is 7.89. The number of hydrogen-bond donors (Lipinski definition) is 0. The van der Waals surface area contributed by atoms with E-state index in [1.165, 1.54) is 48.7 Å². The Kier molecular flexibility index (Phi) is 6.32. The minimum atomic E-state index is -3.95. The monoisotopic (exact) mass is 443 g/mol. The van der Waals surface area contributed by atoms with Crippen molar-refractivity contribution in [2.45, 2.75) is 25.3 Å². The zero-order valence-electron chi connectivity index (χ0n) is 17.2. The minimum absolute atomic E-state index is 0.0487. The molecular formula is C21H21N3O6S. The number of fused-ring (bicyclic) bond motifs is 1. The lowest BCUT2D eigenvalue weighted by atomic mass is 10.2. The van der Waals surface area contributed by atoms with E-state index in [4.69, 9.17) is 4.74 Å². The average Bonchev–Trinajstić information content (AvgIpc) is 2.72. The summed E-state index contributed by atoms with van der Waals surface area (Å²) in [5.41, 5.74) is 1.67. The third-order valence-electron chi connectivity index (χ3n) is 4.58. The van der Waals surface area contributed by atoms with Crippen LogP contribution in [0, 0.1) is 6.92 Å². The molecule has 10 heteroatoms. The number of hydrogen-bond acceptors (Lipinski definition) is 7. The van der Waals surface area contributed by atoms with E-state index < -0.39 is 22.5 Å². The molecule has 0 amide bonds. The summed E-state index contributed by atoms with van der Waals surface area (Å²) in [7, 11) is -2.70. The van der Waals surface area contributed by atoms with Gasteiger partial charge < -0.3 is 4.74 Å². The van der Waals surface area contributed by atoms with Gasteiger partial charge in [-0.3, -0.25) is 18.8 Å². The number of aromatic nitrogens is 2. The molecule has 0 aliphatic rings. The van der Waals surface area contributed by atoms with Gasteiger partial charge >= 0.3 is 5.97 Å². The SMILES string of the molecule is CC(=O)c1ccc(S(=O)(=O)N(C)CC(=O)OCc2cc(=O)n3ccc(C)cc3n2)cc1. The third kappa shape index (κ3) is 5.04. The van der Waals surface area contributed by atoms with Crippen LogP contribution in [0.2, 0.25) is 0 Å². The van der Waals surface area contributed by atoms with Gasteiger partial charge in [-0.25, -0.2) is 13.4 Å². The first kappa shape index (κ1) is 22.3. The van der Waals surface area contributed by atoms with E-state index in [0.717, 1.165) is 9.87 Å². The number of rotatable bonds is 7. The van der Waals surface area contributed by atoms with Crippen LogP contribution in [0.1, 0.15) is 28.5 Å². The van der Waals surface area contributed by atoms with Crippen LogP contribution in [0.5, 0.6) is 0 Å². The summed E-state index contributed by atoms with van der Waals surface area (Å²) < 4.78 is 32.6. The van der Waals surface area contributed by atoms with Crippen LogP contribution in [0.3, 0.4) is 0 Å². The quantitative estimate of drug-likeness (QED) is 0.402. The number of nitrogens with zero attached hydrogens (tertiary/aromatic N) is 3. The lowest BCUT2D eigenvalue weighted by Gasteiger charge is -2.16. The standard InChI is InChI=1S/C21H21N3O6S/c1-14-8-9-24-19(10-14)22-17(11-20(24)26)13-30-21(27)12-23(3)31(28,29)18-6-4-16(5-7-18)15(2)25/h4-11H,12-13H2,1-3H3. The molecule has 0 radical (unpaired) electrons. The Morgan fingerprint density at radius 1 is 1.13 bits per heavy atom. The van der Waals surface area contributed by atoms with E-state index >= 15 is 0 Å². The molecule has 0 saturated heterocycles. The molecule has 9 nitrogen and oxygen atoms in total. The minimum Gasteiger partial charge on any atom is -0.458 e. The van der Waals surface area contributed by atoms with Gasteiger partial charge in [0.1, 0.15) is 18.8 Å². The molecule has 3 rings (SSSR count). The van der Waals surface area contributed by atoms with Gasteiger partial charge in [0.25, 0.3) is 5.56 Å². The number of pyridine rings is 1. The molecule has 162 valence electrons. The summed E-state index contributed by atoms with van der Waals surface area (Å²) in [5.74, 6) is -0.976. The summed E-state index contributed by atoms with van der Waals surface area (Å²) >= 11 is 0. The largest absolute Gasteiger partial charge is 0.458 e. The summed E-state index contributed by atoms with van der Waals surface area (Å²) in [5, 5.41) is 0. The summed E-state index contributed by atoms with van der Waals surface area (Å²) in [6.07, 6.45) is 1.61. The van der Waals surface area contributed by atoms with E-state index in [9.17, 15) is 22.8 Å². The first-order valence-corrected chi connectivity index (χ1v) is 10.7. The lowest BCUT2D eigenvalue weighted by molar-refractivity contribution is -0.145. The number of esters is 1. The van der Waals surface area contributed by atoms with E-state index in [1.54, 1.807) is 18.3 Å². The maximum Gasteiger partial charge on any atom is 0.321 e. The van der Waals surface area contributed by atoms with E-state index in [2.05, 4.69) is 4.98 Å². The van der Waals surface area contributed by atoms with E-state index in [0.29, 0.717) is 11.2 Å². The van der Waals surface area contributed by atoms with Crippen LogP contribution in [-0.2, 0) is 26.2 Å². The number of ether oxygens (including phenoxy) is 1. The number of benzene rings is 1. The molecule has 2 heterocycles. The van der Waals surface area contributed by atoms with Crippen molar-refractivity contribution >= 4 is 27.4 Å². The van der Waals surface area contributed by atoms with Crippen LogP contribution < -0.4 is 5.56 Å². The number of Topliss-reactive ketones (excluding diaryl/α,β-unsaturated/α-hetero) is 1. The Morgan fingerprint density at radius 3 is 2.45 bits per heavy atom. The highest BCUT2D eigenvalue weighted by atomic mass is 32.2. The molecule has 31 heavy (non-hydrogen) atoms. The smallest absolute Gasteiger partial charge is 0.321 e. The summed E-state index contributed by atoms with van der Waals surface area (Å²) in [6, 6.07) is 10.2. The molecule has 0 spiro atoms. The van der Waals surface area contributed by atoms with Crippen LogP contribution >= 0.6 is 0 Å². The molecule has 1 aromatic carbocycles. The first-order valence-electron chi connectivity index (χ1n) is 9.30. The van der Waals surface area contributed by atoms with Crippen molar-refractivity contribution in [1.29, 1.82) is 0 Å². The van der Waals surface area contributed by atoms with Gasteiger partial charge in [0.05, 0.1) is 10.6 Å². The molecule has 0 saturated carbocycles. The fraction of sp³-hybridized carbons (Fsp3) is 0.238. The topological polar surface area (TPSA) is 115 Å². The molecule has 3 aromatic rings. The number of sulfonamides is 1. The fourth-order valence-corrected chi connectivity index (χ4v) is 3.95. The number of likely N-dealkylation sites (N-methyl/N-ethyl adjacent to an activating group) is 1. The maximum atomic E-state index is 12.6. The molecule has 0 bridgehead atoms. The van der Waals surface area contributed by atoms with Crippen LogP contribution in [0.25, 0.3) is 5.65 Å². The zero-order chi connectivity index (χ0) is 22.8. The molecule has 0 unspecified atom stereocenters. The maximum absolute atomic E-state index is 12.6. The van der Waals surface area contributed by atoms with Crippen molar-refractivity contribution in [1.82, 2.24) is 13.7 Å². The number of ketones is 1. The van der Waals surface area contributed by atoms with Gasteiger partial charge in [-0.2, -0.15) is 4.31 Å². The second kappa shape index (κ2) is 8.78. The van der Waals surface area contributed by atoms with Crippen LogP contribution in [0.15, 0.2) is 58.4 Å². The number of aryl methyl sites for hydroxylation is 1. The van der Waals surface area contributed by atoms with Gasteiger partial charge in [0.2, 0.25) is 10.0 Å². The van der Waals surface area contributed by atoms with E-state index in [-0.39, 0.29) is 28.5 Å². The third-order valence-corrected chi connectivity index (χ3v) is 6.40. The van der Waals surface area contributed by atoms with Gasteiger partial charge in [0, 0.05) is 24.9 Å². The Hall–Kier alpha value is -3.37. The Morgan fingerprint density at radius 2 is 1.81 bits per heavy atom. The number of carbonyl (C=O) groups excluding carboxylic acids is 2. The van der Waals surface area contributed by atoms with Crippen molar-refractivity contribution in [3.8, 4) is 0 Å². The molecule has 0 aliphatic heterocycles. The van der Waals surface area contributed by atoms with Crippen molar-refractivity contribution in [2.75, 3.05) is 13.6 Å². The second-order valence-corrected chi connectivity index (χ2v) is 9.07. The molecule has 0 aliphatic carbocycles. The first-order chi connectivity index (χ1) is 14.6. The predicted octanol–water partition coefficient (Wildman–Crippen LogP) is 1.57. The normalized spacial score (nSPS) is 11.6. The van der Waals surface area contributed by atoms with Gasteiger partial charge in [-0.1, -0.05) is 12.1 Å². The van der Waals surface area contributed by atoms with Gasteiger partial charge in [-0.05, 0) is 43.7 Å². The highest BCUT2D eigenvalue weighted by Crippen LogP contribution is 2.15.